The van der Waals surface area contributed by atoms with Crippen LogP contribution in [0.3, 0.4) is 0 Å². The zero-order chi connectivity index (χ0) is 8.97. The molecule has 0 nitrogen and oxygen atoms in total. The summed E-state index contributed by atoms with van der Waals surface area (Å²) in [5, 5.41) is 0.567. The van der Waals surface area contributed by atoms with Crippen LogP contribution in [-0.4, -0.2) is 9.45 Å². The smallest absolute Gasteiger partial charge is 0.0780 e. The second kappa shape index (κ2) is 4.63. The number of hydrogen-bond acceptors (Lipinski definition) is 2. The fourth-order valence-electron chi connectivity index (χ4n) is 0.856. The molecule has 0 amide bonds. The van der Waals surface area contributed by atoms with Gasteiger partial charge in [0.15, 0.2) is 0 Å². The van der Waals surface area contributed by atoms with Crippen molar-refractivity contribution in [3.8, 4) is 0 Å². The summed E-state index contributed by atoms with van der Waals surface area (Å²) in [7, 11) is 0. The van der Waals surface area contributed by atoms with E-state index in [1.165, 1.54) is 0 Å². The molecule has 2 heteroatoms. The molecule has 0 heterocycles. The van der Waals surface area contributed by atoms with E-state index in [0.717, 1.165) is 9.76 Å². The molecule has 1 aromatic rings. The van der Waals surface area contributed by atoms with E-state index in [1.54, 1.807) is 11.8 Å². The Labute approximate surface area is 83.4 Å². The normalized spacial score (nSPS) is 10.2. The minimum Gasteiger partial charge on any atom is -0.111 e. The summed E-state index contributed by atoms with van der Waals surface area (Å²) in [5.41, 5.74) is 1.16. The van der Waals surface area contributed by atoms with Gasteiger partial charge in [0, 0.05) is 5.25 Å². The van der Waals surface area contributed by atoms with Crippen molar-refractivity contribution in [2.75, 3.05) is 0 Å². The van der Waals surface area contributed by atoms with Gasteiger partial charge in [-0.05, 0) is 5.56 Å². The molecule has 0 aliphatic rings. The van der Waals surface area contributed by atoms with Gasteiger partial charge in [0.1, 0.15) is 0 Å². The van der Waals surface area contributed by atoms with E-state index >= 15 is 0 Å². The highest BCUT2D eigenvalue weighted by molar-refractivity contribution is 8.24. The molecule has 0 saturated carbocycles. The minimum atomic E-state index is 0.567. The minimum absolute atomic E-state index is 0.567. The lowest BCUT2D eigenvalue weighted by molar-refractivity contribution is 1.12. The van der Waals surface area contributed by atoms with Crippen LogP contribution in [0.2, 0.25) is 0 Å². The second-order valence-electron chi connectivity index (χ2n) is 2.82. The Morgan fingerprint density at radius 2 is 1.83 bits per heavy atom. The van der Waals surface area contributed by atoms with Crippen LogP contribution in [0.15, 0.2) is 30.3 Å². The molecule has 0 unspecified atom stereocenters. The molecule has 64 valence electrons. The quantitative estimate of drug-likeness (QED) is 0.664. The van der Waals surface area contributed by atoms with Crippen LogP contribution < -0.4 is 0 Å². The van der Waals surface area contributed by atoms with Crippen LogP contribution in [0.1, 0.15) is 19.4 Å². The van der Waals surface area contributed by atoms with E-state index in [2.05, 4.69) is 26.0 Å². The summed E-state index contributed by atoms with van der Waals surface area (Å²) < 4.78 is 0.991. The molecule has 0 fully saturated rings. The van der Waals surface area contributed by atoms with Crippen molar-refractivity contribution in [2.45, 2.75) is 19.1 Å². The molecule has 0 atom stereocenters. The first-order valence-electron chi connectivity index (χ1n) is 3.96. The van der Waals surface area contributed by atoms with Crippen molar-refractivity contribution in [3.63, 3.8) is 0 Å². The van der Waals surface area contributed by atoms with Crippen LogP contribution in [0.25, 0.3) is 0 Å². The molecule has 1 rings (SSSR count). The van der Waals surface area contributed by atoms with Gasteiger partial charge >= 0.3 is 0 Å². The fourth-order valence-corrected chi connectivity index (χ4v) is 2.27. The van der Waals surface area contributed by atoms with Gasteiger partial charge in [-0.15, -0.1) is 11.8 Å². The average Bonchev–Trinajstić information content (AvgIpc) is 2.05. The average molecular weight is 196 g/mol. The van der Waals surface area contributed by atoms with E-state index in [4.69, 9.17) is 12.2 Å². The third-order valence-corrected chi connectivity index (χ3v) is 2.80. The molecule has 12 heavy (non-hydrogen) atoms. The Hall–Kier alpha value is -0.340. The van der Waals surface area contributed by atoms with Gasteiger partial charge in [-0.2, -0.15) is 0 Å². The monoisotopic (exact) mass is 196 g/mol. The van der Waals surface area contributed by atoms with Crippen LogP contribution in [0.4, 0.5) is 0 Å². The van der Waals surface area contributed by atoms with Gasteiger partial charge < -0.3 is 0 Å². The van der Waals surface area contributed by atoms with E-state index in [0.29, 0.717) is 5.25 Å². The Morgan fingerprint density at radius 1 is 1.25 bits per heavy atom. The summed E-state index contributed by atoms with van der Waals surface area (Å²) in [5.74, 6) is 0. The Kier molecular flexibility index (Phi) is 3.76. The highest BCUT2D eigenvalue weighted by Crippen LogP contribution is 2.18. The van der Waals surface area contributed by atoms with Crippen molar-refractivity contribution in [2.24, 2.45) is 0 Å². The molecule has 0 N–H and O–H groups in total. The van der Waals surface area contributed by atoms with Crippen molar-refractivity contribution in [1.82, 2.24) is 0 Å². The van der Waals surface area contributed by atoms with E-state index < -0.39 is 0 Å². The summed E-state index contributed by atoms with van der Waals surface area (Å²) in [6.07, 6.45) is 0. The van der Waals surface area contributed by atoms with Crippen molar-refractivity contribution in [1.29, 1.82) is 0 Å². The van der Waals surface area contributed by atoms with Crippen LogP contribution in [0, 0.1) is 0 Å². The molecule has 0 spiro atoms. The third kappa shape index (κ3) is 2.95. The van der Waals surface area contributed by atoms with Gasteiger partial charge in [0.25, 0.3) is 0 Å². The summed E-state index contributed by atoms with van der Waals surface area (Å²) in [4.78, 5) is 0. The lowest BCUT2D eigenvalue weighted by Gasteiger charge is -2.05. The first-order chi connectivity index (χ1) is 5.70. The predicted octanol–water partition coefficient (Wildman–Crippen LogP) is 3.50. The number of rotatable bonds is 2. The second-order valence-corrected chi connectivity index (χ2v) is 5.07. The zero-order valence-electron chi connectivity index (χ0n) is 7.28. The SMILES string of the molecule is CC(C)SC(=S)c1ccccc1. The van der Waals surface area contributed by atoms with E-state index in [1.807, 2.05) is 18.2 Å². The van der Waals surface area contributed by atoms with Crippen molar-refractivity contribution in [3.05, 3.63) is 35.9 Å². The molecule has 0 radical (unpaired) electrons. The number of benzene rings is 1. The van der Waals surface area contributed by atoms with Gasteiger partial charge in [0.2, 0.25) is 0 Å². The molecule has 0 bridgehead atoms. The maximum Gasteiger partial charge on any atom is 0.0780 e. The Bertz CT molecular complexity index is 252. The van der Waals surface area contributed by atoms with Crippen LogP contribution >= 0.6 is 24.0 Å². The number of thioether (sulfide) groups is 1. The molecule has 0 aliphatic carbocycles. The lowest BCUT2D eigenvalue weighted by atomic mass is 10.2. The van der Waals surface area contributed by atoms with Gasteiger partial charge in [0.05, 0.1) is 4.20 Å². The highest BCUT2D eigenvalue weighted by Gasteiger charge is 2.02. The fraction of sp³-hybridized carbons (Fsp3) is 0.300. The first kappa shape index (κ1) is 9.75. The highest BCUT2D eigenvalue weighted by atomic mass is 32.2. The largest absolute Gasteiger partial charge is 0.111 e. The van der Waals surface area contributed by atoms with Crippen LogP contribution in [-0.2, 0) is 0 Å². The summed E-state index contributed by atoms with van der Waals surface area (Å²) >= 11 is 7.00. The molecule has 0 saturated heterocycles. The summed E-state index contributed by atoms with van der Waals surface area (Å²) in [6.45, 7) is 4.31. The molecular formula is C10H12S2. The first-order valence-corrected chi connectivity index (χ1v) is 5.25. The molecule has 1 aromatic carbocycles. The number of thiocarbonyl (C=S) groups is 1. The Morgan fingerprint density at radius 3 is 2.33 bits per heavy atom. The third-order valence-electron chi connectivity index (χ3n) is 1.35. The van der Waals surface area contributed by atoms with E-state index in [9.17, 15) is 0 Å². The maximum atomic E-state index is 5.26. The standard InChI is InChI=1S/C10H12S2/c1-8(2)12-10(11)9-6-4-3-5-7-9/h3-8H,1-2H3. The Balaban J connectivity index is 2.66. The molecular weight excluding hydrogens is 184 g/mol. The van der Waals surface area contributed by atoms with Crippen molar-refractivity contribution < 1.29 is 0 Å². The predicted molar refractivity (Wildman–Crippen MR) is 60.9 cm³/mol. The van der Waals surface area contributed by atoms with Gasteiger partial charge in [-0.25, -0.2) is 0 Å². The number of hydrogen-bond donors (Lipinski definition) is 0. The molecule has 0 aromatic heterocycles. The molecule has 0 aliphatic heterocycles. The lowest BCUT2D eigenvalue weighted by Crippen LogP contribution is -1.96. The zero-order valence-corrected chi connectivity index (χ0v) is 8.91. The maximum absolute atomic E-state index is 5.26. The summed E-state index contributed by atoms with van der Waals surface area (Å²) in [6, 6.07) is 10.1. The van der Waals surface area contributed by atoms with Crippen molar-refractivity contribution >= 4 is 28.2 Å². The van der Waals surface area contributed by atoms with Crippen LogP contribution in [0.5, 0.6) is 0 Å². The van der Waals surface area contributed by atoms with Gasteiger partial charge in [-0.3, -0.25) is 0 Å². The van der Waals surface area contributed by atoms with Gasteiger partial charge in [-0.1, -0.05) is 56.4 Å². The van der Waals surface area contributed by atoms with E-state index in [-0.39, 0.29) is 0 Å². The topological polar surface area (TPSA) is 0 Å².